The first-order valence-corrected chi connectivity index (χ1v) is 9.61. The molecule has 1 aliphatic heterocycles. The second kappa shape index (κ2) is 7.49. The van der Waals surface area contributed by atoms with E-state index < -0.39 is 0 Å². The summed E-state index contributed by atoms with van der Waals surface area (Å²) in [4.78, 5) is 17.3. The fourth-order valence-corrected chi connectivity index (χ4v) is 4.24. The number of aliphatic imine (C=N–C) groups is 1. The normalized spacial score (nSPS) is 17.0. The fourth-order valence-electron chi connectivity index (χ4n) is 2.39. The van der Waals surface area contributed by atoms with Crippen LogP contribution in [0.3, 0.4) is 0 Å². The highest BCUT2D eigenvalue weighted by Gasteiger charge is 2.21. The van der Waals surface area contributed by atoms with Gasteiger partial charge in [-0.2, -0.15) is 0 Å². The van der Waals surface area contributed by atoms with Crippen LogP contribution in [0.25, 0.3) is 0 Å². The van der Waals surface area contributed by atoms with E-state index in [1.807, 2.05) is 48.5 Å². The molecule has 5 heteroatoms. The number of hydrogen-bond acceptors (Lipinski definition) is 3. The molecule has 2 aromatic carbocycles. The first-order chi connectivity index (χ1) is 11.2. The van der Waals surface area contributed by atoms with Gasteiger partial charge in [0.05, 0.1) is 17.3 Å². The maximum absolute atomic E-state index is 12.6. The van der Waals surface area contributed by atoms with E-state index in [-0.39, 0.29) is 5.91 Å². The van der Waals surface area contributed by atoms with Gasteiger partial charge in [-0.3, -0.25) is 9.79 Å². The second-order valence-electron chi connectivity index (χ2n) is 5.29. The zero-order valence-electron chi connectivity index (χ0n) is 12.8. The van der Waals surface area contributed by atoms with Gasteiger partial charge < -0.3 is 5.32 Å². The molecule has 1 aliphatic rings. The molecule has 0 spiro atoms. The van der Waals surface area contributed by atoms with Gasteiger partial charge in [-0.05, 0) is 47.2 Å². The van der Waals surface area contributed by atoms with Crippen molar-refractivity contribution < 1.29 is 4.79 Å². The Bertz CT molecular complexity index is 760. The van der Waals surface area contributed by atoms with E-state index in [4.69, 9.17) is 4.99 Å². The summed E-state index contributed by atoms with van der Waals surface area (Å²) in [5, 5.41) is 4.06. The molecule has 118 valence electrons. The third kappa shape index (κ3) is 3.77. The van der Waals surface area contributed by atoms with Crippen molar-refractivity contribution in [1.29, 1.82) is 0 Å². The highest BCUT2D eigenvalue weighted by molar-refractivity contribution is 14.1. The van der Waals surface area contributed by atoms with Crippen LogP contribution < -0.4 is 5.32 Å². The summed E-state index contributed by atoms with van der Waals surface area (Å²) in [7, 11) is 0. The zero-order valence-corrected chi connectivity index (χ0v) is 15.7. The lowest BCUT2D eigenvalue weighted by molar-refractivity contribution is 0.102. The molecule has 1 unspecified atom stereocenters. The maximum Gasteiger partial charge on any atom is 0.256 e. The Morgan fingerprint density at radius 2 is 2.00 bits per heavy atom. The molecule has 1 amide bonds. The van der Waals surface area contributed by atoms with E-state index in [1.165, 1.54) is 0 Å². The summed E-state index contributed by atoms with van der Waals surface area (Å²) in [5.74, 6) is 0.933. The van der Waals surface area contributed by atoms with E-state index in [0.717, 1.165) is 32.0 Å². The third-order valence-electron chi connectivity index (χ3n) is 3.71. The molecular formula is C18H17IN2OS. The molecule has 0 bridgehead atoms. The fraction of sp³-hybridized carbons (Fsp3) is 0.222. The average Bonchev–Trinajstić information content (AvgIpc) is 3.04. The predicted molar refractivity (Wildman–Crippen MR) is 107 cm³/mol. The van der Waals surface area contributed by atoms with Gasteiger partial charge in [0, 0.05) is 14.9 Å². The van der Waals surface area contributed by atoms with Gasteiger partial charge in [0.25, 0.3) is 5.91 Å². The standard InChI is InChI=1S/C18H17IN2OS/c1-2-12-11-23-18(20-12)14-8-4-6-10-16(14)21-17(22)13-7-3-5-9-15(13)19/h3-10,12H,2,11H2,1H3,(H,21,22). The van der Waals surface area contributed by atoms with Crippen molar-refractivity contribution >= 4 is 51.0 Å². The molecule has 0 saturated heterocycles. The molecule has 0 aliphatic carbocycles. The zero-order chi connectivity index (χ0) is 16.2. The number of carbonyl (C=O) groups is 1. The summed E-state index contributed by atoms with van der Waals surface area (Å²) < 4.78 is 0.943. The summed E-state index contributed by atoms with van der Waals surface area (Å²) >= 11 is 3.95. The Balaban J connectivity index is 1.87. The molecule has 3 rings (SSSR count). The molecule has 2 aromatic rings. The van der Waals surface area contributed by atoms with Gasteiger partial charge in [0.2, 0.25) is 0 Å². The Hall–Kier alpha value is -1.34. The quantitative estimate of drug-likeness (QED) is 0.699. The van der Waals surface area contributed by atoms with Crippen molar-refractivity contribution in [3.63, 3.8) is 0 Å². The molecule has 3 nitrogen and oxygen atoms in total. The van der Waals surface area contributed by atoms with Crippen molar-refractivity contribution in [3.8, 4) is 0 Å². The Morgan fingerprint density at radius 3 is 2.74 bits per heavy atom. The number of nitrogens with zero attached hydrogens (tertiary/aromatic N) is 1. The molecule has 1 atom stereocenters. The number of nitrogens with one attached hydrogen (secondary N) is 1. The largest absolute Gasteiger partial charge is 0.321 e. The lowest BCUT2D eigenvalue weighted by Crippen LogP contribution is -2.15. The number of benzene rings is 2. The molecule has 23 heavy (non-hydrogen) atoms. The number of amides is 1. The number of carbonyl (C=O) groups excluding carboxylic acids is 1. The lowest BCUT2D eigenvalue weighted by atomic mass is 10.1. The molecular weight excluding hydrogens is 419 g/mol. The van der Waals surface area contributed by atoms with Crippen molar-refractivity contribution in [3.05, 3.63) is 63.2 Å². The van der Waals surface area contributed by atoms with Gasteiger partial charge in [-0.25, -0.2) is 0 Å². The molecule has 1 N–H and O–H groups in total. The van der Waals surface area contributed by atoms with Gasteiger partial charge in [0.15, 0.2) is 0 Å². The number of halogens is 1. The summed E-state index contributed by atoms with van der Waals surface area (Å²) in [5.41, 5.74) is 2.52. The Morgan fingerprint density at radius 1 is 1.26 bits per heavy atom. The molecule has 0 saturated carbocycles. The smallest absolute Gasteiger partial charge is 0.256 e. The highest BCUT2D eigenvalue weighted by Crippen LogP contribution is 2.29. The Labute approximate surface area is 154 Å². The minimum absolute atomic E-state index is 0.0851. The van der Waals surface area contributed by atoms with E-state index in [9.17, 15) is 4.79 Å². The maximum atomic E-state index is 12.6. The van der Waals surface area contributed by atoms with Gasteiger partial charge in [-0.15, -0.1) is 11.8 Å². The number of rotatable bonds is 4. The minimum Gasteiger partial charge on any atom is -0.321 e. The van der Waals surface area contributed by atoms with Crippen LogP contribution in [-0.4, -0.2) is 22.7 Å². The monoisotopic (exact) mass is 436 g/mol. The van der Waals surface area contributed by atoms with Gasteiger partial charge >= 0.3 is 0 Å². The van der Waals surface area contributed by atoms with Gasteiger partial charge in [0.1, 0.15) is 5.04 Å². The van der Waals surface area contributed by atoms with Crippen LogP contribution in [0.1, 0.15) is 29.3 Å². The SMILES string of the molecule is CCC1CSC(c2ccccc2NC(=O)c2ccccc2I)=N1. The van der Waals surface area contributed by atoms with Crippen LogP contribution in [0.5, 0.6) is 0 Å². The molecule has 1 heterocycles. The number of para-hydroxylation sites is 1. The first kappa shape index (κ1) is 16.5. The van der Waals surface area contributed by atoms with Crippen molar-refractivity contribution in [2.75, 3.05) is 11.1 Å². The number of anilines is 1. The first-order valence-electron chi connectivity index (χ1n) is 7.55. The van der Waals surface area contributed by atoms with Crippen molar-refractivity contribution in [1.82, 2.24) is 0 Å². The predicted octanol–water partition coefficient (Wildman–Crippen LogP) is 4.82. The second-order valence-corrected chi connectivity index (χ2v) is 7.46. The van der Waals surface area contributed by atoms with Crippen LogP contribution >= 0.6 is 34.4 Å². The van der Waals surface area contributed by atoms with E-state index in [1.54, 1.807) is 11.8 Å². The number of hydrogen-bond donors (Lipinski definition) is 1. The Kier molecular flexibility index (Phi) is 5.38. The topological polar surface area (TPSA) is 41.5 Å². The molecule has 0 radical (unpaired) electrons. The average molecular weight is 436 g/mol. The van der Waals surface area contributed by atoms with Crippen LogP contribution in [0.15, 0.2) is 53.5 Å². The lowest BCUT2D eigenvalue weighted by Gasteiger charge is -2.11. The van der Waals surface area contributed by atoms with Crippen LogP contribution in [-0.2, 0) is 0 Å². The summed E-state index contributed by atoms with van der Waals surface area (Å²) in [6.45, 7) is 2.16. The summed E-state index contributed by atoms with van der Waals surface area (Å²) in [6, 6.07) is 15.9. The van der Waals surface area contributed by atoms with Crippen LogP contribution in [0, 0.1) is 3.57 Å². The highest BCUT2D eigenvalue weighted by atomic mass is 127. The van der Waals surface area contributed by atoms with Crippen molar-refractivity contribution in [2.24, 2.45) is 4.99 Å². The summed E-state index contributed by atoms with van der Waals surface area (Å²) in [6.07, 6.45) is 1.05. The van der Waals surface area contributed by atoms with E-state index in [2.05, 4.69) is 34.8 Å². The van der Waals surface area contributed by atoms with Crippen molar-refractivity contribution in [2.45, 2.75) is 19.4 Å². The van der Waals surface area contributed by atoms with E-state index in [0.29, 0.717) is 11.6 Å². The number of thioether (sulfide) groups is 1. The van der Waals surface area contributed by atoms with Crippen LogP contribution in [0.2, 0.25) is 0 Å². The van der Waals surface area contributed by atoms with Gasteiger partial charge in [-0.1, -0.05) is 37.3 Å². The minimum atomic E-state index is -0.0851. The van der Waals surface area contributed by atoms with Crippen LogP contribution in [0.4, 0.5) is 5.69 Å². The molecule has 0 fully saturated rings. The van der Waals surface area contributed by atoms with E-state index >= 15 is 0 Å². The molecule has 0 aromatic heterocycles. The third-order valence-corrected chi connectivity index (χ3v) is 5.80.